The molecular formula is C17H28O. The molecule has 1 nitrogen and oxygen atoms in total. The molecule has 102 valence electrons. The Labute approximate surface area is 111 Å². The summed E-state index contributed by atoms with van der Waals surface area (Å²) in [5.74, 6) is 3.80. The lowest BCUT2D eigenvalue weighted by Crippen LogP contribution is -2.52. The van der Waals surface area contributed by atoms with Crippen molar-refractivity contribution in [3.63, 3.8) is 0 Å². The van der Waals surface area contributed by atoms with E-state index in [1.54, 1.807) is 0 Å². The Balaban J connectivity index is 1.48. The van der Waals surface area contributed by atoms with Gasteiger partial charge in [-0.3, -0.25) is 0 Å². The Bertz CT molecular complexity index is 280. The summed E-state index contributed by atoms with van der Waals surface area (Å²) in [4.78, 5) is 0. The standard InChI is InChI=1S/C17H28O/c18-16(8-12-3-1-2-4-12)17-9-13-5-14(10-17)7-15(6-13)11-17/h12-16,18H,1-11H2. The van der Waals surface area contributed by atoms with E-state index >= 15 is 0 Å². The monoisotopic (exact) mass is 248 g/mol. The molecule has 5 rings (SSSR count). The van der Waals surface area contributed by atoms with Gasteiger partial charge in [0.1, 0.15) is 0 Å². The summed E-state index contributed by atoms with van der Waals surface area (Å²) < 4.78 is 0. The Morgan fingerprint density at radius 1 is 0.889 bits per heavy atom. The quantitative estimate of drug-likeness (QED) is 0.795. The molecule has 0 aromatic carbocycles. The molecule has 0 saturated heterocycles. The maximum Gasteiger partial charge on any atom is 0.0599 e. The second kappa shape index (κ2) is 4.23. The van der Waals surface area contributed by atoms with Crippen molar-refractivity contribution in [1.29, 1.82) is 0 Å². The molecule has 0 aromatic heterocycles. The molecule has 0 amide bonds. The van der Waals surface area contributed by atoms with Crippen LogP contribution in [0.1, 0.15) is 70.6 Å². The van der Waals surface area contributed by atoms with Crippen LogP contribution < -0.4 is 0 Å². The molecule has 1 N–H and O–H groups in total. The van der Waals surface area contributed by atoms with Crippen LogP contribution in [0.15, 0.2) is 0 Å². The number of hydrogen-bond acceptors (Lipinski definition) is 1. The zero-order valence-corrected chi connectivity index (χ0v) is 11.6. The molecule has 1 heteroatoms. The van der Waals surface area contributed by atoms with Crippen LogP contribution in [0, 0.1) is 29.1 Å². The molecule has 0 spiro atoms. The molecule has 0 heterocycles. The van der Waals surface area contributed by atoms with Gasteiger partial charge in [0.05, 0.1) is 6.10 Å². The fourth-order valence-corrected chi connectivity index (χ4v) is 6.40. The number of aliphatic hydroxyl groups excluding tert-OH is 1. The zero-order valence-electron chi connectivity index (χ0n) is 11.6. The fourth-order valence-electron chi connectivity index (χ4n) is 6.40. The molecule has 5 saturated carbocycles. The lowest BCUT2D eigenvalue weighted by Gasteiger charge is -2.58. The van der Waals surface area contributed by atoms with Gasteiger partial charge in [-0.1, -0.05) is 25.7 Å². The Morgan fingerprint density at radius 3 is 1.89 bits per heavy atom. The van der Waals surface area contributed by atoms with Gasteiger partial charge in [-0.05, 0) is 74.0 Å². The van der Waals surface area contributed by atoms with Crippen molar-refractivity contribution in [3.05, 3.63) is 0 Å². The number of aliphatic hydroxyl groups is 1. The largest absolute Gasteiger partial charge is 0.393 e. The van der Waals surface area contributed by atoms with Crippen LogP contribution in [0.2, 0.25) is 0 Å². The van der Waals surface area contributed by atoms with E-state index in [4.69, 9.17) is 0 Å². The molecule has 5 aliphatic rings. The van der Waals surface area contributed by atoms with Gasteiger partial charge < -0.3 is 5.11 Å². The highest BCUT2D eigenvalue weighted by atomic mass is 16.3. The van der Waals surface area contributed by atoms with Gasteiger partial charge >= 0.3 is 0 Å². The summed E-state index contributed by atoms with van der Waals surface area (Å²) in [6.07, 6.45) is 15.4. The maximum absolute atomic E-state index is 10.9. The van der Waals surface area contributed by atoms with Crippen LogP contribution in [0.5, 0.6) is 0 Å². The summed E-state index contributed by atoms with van der Waals surface area (Å²) in [5, 5.41) is 10.9. The highest BCUT2D eigenvalue weighted by Crippen LogP contribution is 2.62. The molecular weight excluding hydrogens is 220 g/mol. The topological polar surface area (TPSA) is 20.2 Å². The van der Waals surface area contributed by atoms with Gasteiger partial charge in [-0.2, -0.15) is 0 Å². The first kappa shape index (κ1) is 11.8. The molecule has 0 aliphatic heterocycles. The summed E-state index contributed by atoms with van der Waals surface area (Å²) >= 11 is 0. The van der Waals surface area contributed by atoms with E-state index < -0.39 is 0 Å². The van der Waals surface area contributed by atoms with Crippen molar-refractivity contribution >= 4 is 0 Å². The summed E-state index contributed by atoms with van der Waals surface area (Å²) in [7, 11) is 0. The van der Waals surface area contributed by atoms with Gasteiger partial charge in [-0.15, -0.1) is 0 Å². The Kier molecular flexibility index (Phi) is 2.76. The van der Waals surface area contributed by atoms with Crippen LogP contribution in [-0.2, 0) is 0 Å². The molecule has 0 aromatic rings. The summed E-state index contributed by atoms with van der Waals surface area (Å²) in [6.45, 7) is 0. The van der Waals surface area contributed by atoms with Crippen LogP contribution >= 0.6 is 0 Å². The average Bonchev–Trinajstić information content (AvgIpc) is 2.79. The van der Waals surface area contributed by atoms with Gasteiger partial charge in [0.15, 0.2) is 0 Å². The molecule has 5 fully saturated rings. The van der Waals surface area contributed by atoms with Gasteiger partial charge in [0.25, 0.3) is 0 Å². The zero-order chi connectivity index (χ0) is 12.2. The van der Waals surface area contributed by atoms with Gasteiger partial charge in [-0.25, -0.2) is 0 Å². The minimum absolute atomic E-state index is 0.0361. The first-order valence-corrected chi connectivity index (χ1v) is 8.41. The number of hydrogen-bond donors (Lipinski definition) is 1. The second-order valence-electron chi connectivity index (χ2n) is 8.18. The minimum atomic E-state index is 0.0361. The van der Waals surface area contributed by atoms with Crippen LogP contribution in [-0.4, -0.2) is 11.2 Å². The van der Waals surface area contributed by atoms with E-state index in [0.717, 1.165) is 30.1 Å². The second-order valence-corrected chi connectivity index (χ2v) is 8.18. The summed E-state index contributed by atoms with van der Waals surface area (Å²) in [5.41, 5.74) is 0.372. The SMILES string of the molecule is OC(CC1CCCC1)C12CC3CC(CC(C3)C1)C2. The van der Waals surface area contributed by atoms with Crippen molar-refractivity contribution in [1.82, 2.24) is 0 Å². The van der Waals surface area contributed by atoms with E-state index in [1.807, 2.05) is 0 Å². The van der Waals surface area contributed by atoms with E-state index in [9.17, 15) is 5.11 Å². The highest BCUT2D eigenvalue weighted by Gasteiger charge is 2.54. The lowest BCUT2D eigenvalue weighted by atomic mass is 9.47. The Hall–Kier alpha value is -0.0400. The first-order chi connectivity index (χ1) is 8.73. The third kappa shape index (κ3) is 1.85. The molecule has 1 unspecified atom stereocenters. The smallest absolute Gasteiger partial charge is 0.0599 e. The van der Waals surface area contributed by atoms with E-state index in [0.29, 0.717) is 5.41 Å². The fraction of sp³-hybridized carbons (Fsp3) is 1.00. The van der Waals surface area contributed by atoms with Gasteiger partial charge in [0, 0.05) is 0 Å². The molecule has 1 atom stereocenters. The van der Waals surface area contributed by atoms with Crippen molar-refractivity contribution in [2.45, 2.75) is 76.7 Å². The summed E-state index contributed by atoms with van der Waals surface area (Å²) in [6, 6.07) is 0. The average molecular weight is 248 g/mol. The molecule has 4 bridgehead atoms. The van der Waals surface area contributed by atoms with Crippen molar-refractivity contribution < 1.29 is 5.11 Å². The van der Waals surface area contributed by atoms with E-state index in [1.165, 1.54) is 64.2 Å². The van der Waals surface area contributed by atoms with Crippen molar-refractivity contribution in [2.75, 3.05) is 0 Å². The molecule has 0 radical (unpaired) electrons. The van der Waals surface area contributed by atoms with E-state index in [2.05, 4.69) is 0 Å². The van der Waals surface area contributed by atoms with Crippen LogP contribution in [0.4, 0.5) is 0 Å². The van der Waals surface area contributed by atoms with Crippen LogP contribution in [0.25, 0.3) is 0 Å². The normalized spacial score (nSPS) is 48.8. The third-order valence-corrected chi connectivity index (χ3v) is 6.82. The number of rotatable bonds is 3. The third-order valence-electron chi connectivity index (χ3n) is 6.82. The van der Waals surface area contributed by atoms with Gasteiger partial charge in [0.2, 0.25) is 0 Å². The van der Waals surface area contributed by atoms with Crippen LogP contribution in [0.3, 0.4) is 0 Å². The highest BCUT2D eigenvalue weighted by molar-refractivity contribution is 5.04. The van der Waals surface area contributed by atoms with Crippen molar-refractivity contribution in [3.8, 4) is 0 Å². The predicted octanol–water partition coefficient (Wildman–Crippen LogP) is 4.14. The first-order valence-electron chi connectivity index (χ1n) is 8.41. The lowest BCUT2D eigenvalue weighted by molar-refractivity contribution is -0.125. The molecule has 5 aliphatic carbocycles. The predicted molar refractivity (Wildman–Crippen MR) is 73.2 cm³/mol. The maximum atomic E-state index is 10.9. The van der Waals surface area contributed by atoms with E-state index in [-0.39, 0.29) is 6.10 Å². The Morgan fingerprint density at radius 2 is 1.39 bits per heavy atom. The minimum Gasteiger partial charge on any atom is -0.393 e. The molecule has 18 heavy (non-hydrogen) atoms. The van der Waals surface area contributed by atoms with Crippen molar-refractivity contribution in [2.24, 2.45) is 29.1 Å².